The van der Waals surface area contributed by atoms with E-state index < -0.39 is 14.0 Å². The van der Waals surface area contributed by atoms with Gasteiger partial charge in [0.25, 0.3) is 14.7 Å². The molecule has 0 saturated carbocycles. The van der Waals surface area contributed by atoms with Gasteiger partial charge in [-0.25, -0.2) is 13.1 Å². The molecule has 0 saturated heterocycles. The van der Waals surface area contributed by atoms with Gasteiger partial charge < -0.3 is 0 Å². The first-order valence-corrected chi connectivity index (χ1v) is 6.93. The zero-order valence-corrected chi connectivity index (χ0v) is 10.3. The molecule has 1 aromatic carbocycles. The van der Waals surface area contributed by atoms with Gasteiger partial charge in [-0.1, -0.05) is 6.07 Å². The summed E-state index contributed by atoms with van der Waals surface area (Å²) in [7, 11) is 1.29. The molecule has 7 nitrogen and oxygen atoms in total. The van der Waals surface area contributed by atoms with Crippen molar-refractivity contribution in [1.29, 1.82) is 0 Å². The maximum Gasteiger partial charge on any atom is 0.271 e. The molecular formula is C9H6ClN3O4S. The number of hydrogen-bond acceptors (Lipinski definition) is 5. The van der Waals surface area contributed by atoms with Crippen LogP contribution in [0, 0.1) is 10.1 Å². The molecule has 18 heavy (non-hydrogen) atoms. The third-order valence-corrected chi connectivity index (χ3v) is 3.45. The largest absolute Gasteiger partial charge is 0.271 e. The number of nitro groups is 1. The number of benzene rings is 1. The molecule has 2 aromatic rings. The summed E-state index contributed by atoms with van der Waals surface area (Å²) < 4.78 is 23.3. The van der Waals surface area contributed by atoms with E-state index in [1.807, 2.05) is 0 Å². The van der Waals surface area contributed by atoms with Gasteiger partial charge >= 0.3 is 0 Å². The molecular weight excluding hydrogens is 282 g/mol. The van der Waals surface area contributed by atoms with Gasteiger partial charge in [-0.15, -0.1) is 0 Å². The molecule has 2 rings (SSSR count). The van der Waals surface area contributed by atoms with Crippen LogP contribution in [-0.2, 0) is 9.05 Å². The average molecular weight is 288 g/mol. The quantitative estimate of drug-likeness (QED) is 0.486. The zero-order valence-electron chi connectivity index (χ0n) is 8.72. The van der Waals surface area contributed by atoms with E-state index in [-0.39, 0.29) is 10.6 Å². The maximum absolute atomic E-state index is 11.1. The Morgan fingerprint density at radius 3 is 2.67 bits per heavy atom. The Hall–Kier alpha value is -1.93. The summed E-state index contributed by atoms with van der Waals surface area (Å²) in [5, 5.41) is 14.4. The van der Waals surface area contributed by atoms with E-state index in [9.17, 15) is 18.5 Å². The summed E-state index contributed by atoms with van der Waals surface area (Å²) in [4.78, 5) is 9.89. The van der Waals surface area contributed by atoms with Crippen molar-refractivity contribution < 1.29 is 13.3 Å². The lowest BCUT2D eigenvalue weighted by Crippen LogP contribution is -1.96. The predicted octanol–water partition coefficient (Wildman–Crippen LogP) is 1.71. The van der Waals surface area contributed by atoms with Gasteiger partial charge in [0.05, 0.1) is 23.0 Å². The molecule has 0 aliphatic rings. The smallest absolute Gasteiger partial charge is 0.258 e. The van der Waals surface area contributed by atoms with E-state index in [1.165, 1.54) is 29.1 Å². The van der Waals surface area contributed by atoms with Crippen LogP contribution >= 0.6 is 10.7 Å². The highest BCUT2D eigenvalue weighted by Crippen LogP contribution is 2.19. The second kappa shape index (κ2) is 4.39. The molecule has 0 atom stereocenters. The lowest BCUT2D eigenvalue weighted by molar-refractivity contribution is -0.384. The lowest BCUT2D eigenvalue weighted by atomic mass is 10.3. The number of nitro benzene ring substituents is 1. The second-order valence-corrected chi connectivity index (χ2v) is 5.90. The van der Waals surface area contributed by atoms with Crippen LogP contribution in [0.1, 0.15) is 0 Å². The average Bonchev–Trinajstić information content (AvgIpc) is 2.78. The Balaban J connectivity index is 2.46. The maximum atomic E-state index is 11.1. The molecule has 0 aliphatic carbocycles. The Kier molecular flexibility index (Phi) is 3.05. The third-order valence-electron chi connectivity index (χ3n) is 2.15. The van der Waals surface area contributed by atoms with Gasteiger partial charge in [-0.3, -0.25) is 10.1 Å². The first-order valence-electron chi connectivity index (χ1n) is 4.62. The predicted molar refractivity (Wildman–Crippen MR) is 63.3 cm³/mol. The van der Waals surface area contributed by atoms with E-state index >= 15 is 0 Å². The molecule has 0 unspecified atom stereocenters. The zero-order chi connectivity index (χ0) is 13.3. The summed E-state index contributed by atoms with van der Waals surface area (Å²) in [5.74, 6) is 0. The lowest BCUT2D eigenvalue weighted by Gasteiger charge is -1.99. The highest BCUT2D eigenvalue weighted by atomic mass is 35.7. The molecule has 0 radical (unpaired) electrons. The Labute approximate surface area is 106 Å². The van der Waals surface area contributed by atoms with Gasteiger partial charge in [0.2, 0.25) is 0 Å². The standard InChI is InChI=1S/C9H6ClN3O4S/c10-18(16,17)9-5-11-12(6-9)7-2-1-3-8(4-7)13(14)15/h1-6H. The van der Waals surface area contributed by atoms with Gasteiger partial charge in [0.1, 0.15) is 4.90 Å². The summed E-state index contributed by atoms with van der Waals surface area (Å²) in [5.41, 5.74) is 0.258. The van der Waals surface area contributed by atoms with Crippen molar-refractivity contribution in [1.82, 2.24) is 9.78 Å². The molecule has 1 aromatic heterocycles. The highest BCUT2D eigenvalue weighted by molar-refractivity contribution is 8.13. The Morgan fingerprint density at radius 2 is 2.11 bits per heavy atom. The number of hydrogen-bond donors (Lipinski definition) is 0. The number of non-ortho nitro benzene ring substituents is 1. The topological polar surface area (TPSA) is 95.1 Å². The minimum atomic E-state index is -3.86. The van der Waals surface area contributed by atoms with Crippen molar-refractivity contribution in [3.8, 4) is 5.69 Å². The fraction of sp³-hybridized carbons (Fsp3) is 0. The monoisotopic (exact) mass is 287 g/mol. The van der Waals surface area contributed by atoms with Crippen molar-refractivity contribution >= 4 is 25.4 Å². The molecule has 0 bridgehead atoms. The normalized spacial score (nSPS) is 11.4. The van der Waals surface area contributed by atoms with Gasteiger partial charge in [0.15, 0.2) is 0 Å². The van der Waals surface area contributed by atoms with Crippen molar-refractivity contribution in [3.63, 3.8) is 0 Å². The van der Waals surface area contributed by atoms with Crippen LogP contribution in [0.4, 0.5) is 5.69 Å². The molecule has 0 N–H and O–H groups in total. The molecule has 0 spiro atoms. The second-order valence-electron chi connectivity index (χ2n) is 3.34. The van der Waals surface area contributed by atoms with Crippen LogP contribution < -0.4 is 0 Å². The van der Waals surface area contributed by atoms with E-state index in [4.69, 9.17) is 10.7 Å². The molecule has 0 fully saturated rings. The fourth-order valence-corrected chi connectivity index (χ4v) is 1.96. The summed E-state index contributed by atoms with van der Waals surface area (Å²) in [6, 6.07) is 5.64. The minimum Gasteiger partial charge on any atom is -0.258 e. The van der Waals surface area contributed by atoms with Crippen molar-refractivity contribution in [3.05, 3.63) is 46.8 Å². The molecule has 9 heteroatoms. The van der Waals surface area contributed by atoms with E-state index in [0.29, 0.717) is 5.69 Å². The van der Waals surface area contributed by atoms with Crippen LogP contribution in [0.2, 0.25) is 0 Å². The number of halogens is 1. The molecule has 0 aliphatic heterocycles. The molecule has 1 heterocycles. The highest BCUT2D eigenvalue weighted by Gasteiger charge is 2.14. The van der Waals surface area contributed by atoms with Crippen molar-refractivity contribution in [2.45, 2.75) is 4.90 Å². The van der Waals surface area contributed by atoms with Crippen LogP contribution in [0.3, 0.4) is 0 Å². The van der Waals surface area contributed by atoms with Crippen LogP contribution in [0.15, 0.2) is 41.6 Å². The number of nitrogens with zero attached hydrogens (tertiary/aromatic N) is 3. The molecule has 94 valence electrons. The Bertz CT molecular complexity index is 710. The van der Waals surface area contributed by atoms with Gasteiger partial charge in [0, 0.05) is 22.8 Å². The van der Waals surface area contributed by atoms with Gasteiger partial charge in [-0.2, -0.15) is 5.10 Å². The van der Waals surface area contributed by atoms with E-state index in [2.05, 4.69) is 5.10 Å². The minimum absolute atomic E-state index is 0.113. The van der Waals surface area contributed by atoms with E-state index in [1.54, 1.807) is 6.07 Å². The van der Waals surface area contributed by atoms with Crippen molar-refractivity contribution in [2.24, 2.45) is 0 Å². The molecule has 0 amide bonds. The summed E-state index contributed by atoms with van der Waals surface area (Å²) in [6.45, 7) is 0. The van der Waals surface area contributed by atoms with Crippen LogP contribution in [0.5, 0.6) is 0 Å². The number of aromatic nitrogens is 2. The third kappa shape index (κ3) is 2.49. The van der Waals surface area contributed by atoms with Crippen LogP contribution in [0.25, 0.3) is 5.69 Å². The van der Waals surface area contributed by atoms with Crippen LogP contribution in [-0.4, -0.2) is 23.1 Å². The fourth-order valence-electron chi connectivity index (χ4n) is 1.32. The number of rotatable bonds is 3. The van der Waals surface area contributed by atoms with Gasteiger partial charge in [-0.05, 0) is 6.07 Å². The summed E-state index contributed by atoms with van der Waals surface area (Å²) >= 11 is 0. The van der Waals surface area contributed by atoms with E-state index in [0.717, 1.165) is 6.20 Å². The first-order chi connectivity index (χ1) is 8.38. The Morgan fingerprint density at radius 1 is 1.39 bits per heavy atom. The first kappa shape index (κ1) is 12.5. The SMILES string of the molecule is O=[N+]([O-])c1cccc(-n2cc(S(=O)(=O)Cl)cn2)c1. The van der Waals surface area contributed by atoms with Crippen molar-refractivity contribution in [2.75, 3.05) is 0 Å². The summed E-state index contributed by atoms with van der Waals surface area (Å²) in [6.07, 6.45) is 2.25.